The number of carbonyl (C=O) groups excluding carboxylic acids is 2. The van der Waals surface area contributed by atoms with Crippen molar-refractivity contribution in [3.8, 4) is 0 Å². The molecule has 0 saturated carbocycles. The van der Waals surface area contributed by atoms with E-state index in [1.807, 2.05) is 0 Å². The number of Topliss-reactive ketones (excluding diaryl/α,β-unsaturated/α-hetero) is 1. The van der Waals surface area contributed by atoms with Gasteiger partial charge in [-0.2, -0.15) is 0 Å². The summed E-state index contributed by atoms with van der Waals surface area (Å²) in [6.07, 6.45) is 0. The zero-order chi connectivity index (χ0) is 14.2. The Kier molecular flexibility index (Phi) is 3.14. The highest BCUT2D eigenvalue weighted by molar-refractivity contribution is 6.12. The van der Waals surface area contributed by atoms with Crippen LogP contribution in [0.4, 0.5) is 0 Å². The lowest BCUT2D eigenvalue weighted by atomic mass is 9.84. The minimum Gasteiger partial charge on any atom is -0.468 e. The first-order valence-corrected chi connectivity index (χ1v) is 5.86. The first kappa shape index (κ1) is 13.3. The molecule has 0 amide bonds. The average molecular weight is 261 g/mol. The quantitative estimate of drug-likeness (QED) is 0.482. The molecule has 0 aliphatic rings. The van der Waals surface area contributed by atoms with E-state index >= 15 is 0 Å². The van der Waals surface area contributed by atoms with Crippen LogP contribution in [0, 0.1) is 12.3 Å². The van der Waals surface area contributed by atoms with Crippen LogP contribution < -0.4 is 0 Å². The molecule has 0 spiro atoms. The molecular weight excluding hydrogens is 246 g/mol. The third-order valence-corrected chi connectivity index (χ3v) is 3.02. The summed E-state index contributed by atoms with van der Waals surface area (Å²) in [4.78, 5) is 28.2. The van der Waals surface area contributed by atoms with E-state index in [1.165, 1.54) is 7.11 Å². The van der Waals surface area contributed by atoms with E-state index in [9.17, 15) is 9.59 Å². The molecule has 1 aromatic carbocycles. The molecular formula is C14H15NO4. The Hall–Kier alpha value is -2.17. The number of methoxy groups -OCH3 is 1. The highest BCUT2D eigenvalue weighted by Gasteiger charge is 2.37. The summed E-state index contributed by atoms with van der Waals surface area (Å²) in [5, 5.41) is 0. The molecule has 2 aromatic rings. The van der Waals surface area contributed by atoms with Gasteiger partial charge in [-0.1, -0.05) is 0 Å². The topological polar surface area (TPSA) is 69.4 Å². The molecule has 0 atom stereocenters. The smallest absolute Gasteiger partial charge is 0.319 e. The van der Waals surface area contributed by atoms with Crippen molar-refractivity contribution >= 4 is 22.9 Å². The largest absolute Gasteiger partial charge is 0.468 e. The Balaban J connectivity index is 2.43. The van der Waals surface area contributed by atoms with Gasteiger partial charge in [0, 0.05) is 12.5 Å². The predicted molar refractivity (Wildman–Crippen MR) is 68.9 cm³/mol. The predicted octanol–water partition coefficient (Wildman–Crippen LogP) is 2.52. The summed E-state index contributed by atoms with van der Waals surface area (Å²) < 4.78 is 10.00. The zero-order valence-electron chi connectivity index (χ0n) is 11.3. The molecule has 2 rings (SSSR count). The number of rotatable bonds is 3. The van der Waals surface area contributed by atoms with E-state index in [2.05, 4.69) is 9.72 Å². The van der Waals surface area contributed by atoms with Crippen molar-refractivity contribution in [2.24, 2.45) is 5.41 Å². The number of esters is 1. The Bertz CT molecular complexity index is 655. The Morgan fingerprint density at radius 1 is 1.32 bits per heavy atom. The standard InChI is InChI=1S/C14H15NO4/c1-8-15-10-7-9(5-6-11(10)19-8)12(16)14(2,3)13(17)18-4/h5-7H,1-4H3. The van der Waals surface area contributed by atoms with Gasteiger partial charge >= 0.3 is 5.97 Å². The Morgan fingerprint density at radius 2 is 2.00 bits per heavy atom. The van der Waals surface area contributed by atoms with Gasteiger partial charge in [-0.05, 0) is 32.0 Å². The fraction of sp³-hybridized carbons (Fsp3) is 0.357. The number of fused-ring (bicyclic) bond motifs is 1. The maximum absolute atomic E-state index is 12.4. The van der Waals surface area contributed by atoms with Gasteiger partial charge < -0.3 is 9.15 Å². The van der Waals surface area contributed by atoms with Crippen LogP contribution in [0.2, 0.25) is 0 Å². The summed E-state index contributed by atoms with van der Waals surface area (Å²) in [7, 11) is 1.27. The summed E-state index contributed by atoms with van der Waals surface area (Å²) in [5.41, 5.74) is 0.409. The van der Waals surface area contributed by atoms with Crippen LogP contribution in [-0.2, 0) is 9.53 Å². The molecule has 0 unspecified atom stereocenters. The Labute approximate surface area is 110 Å². The van der Waals surface area contributed by atoms with Crippen LogP contribution in [0.3, 0.4) is 0 Å². The van der Waals surface area contributed by atoms with Crippen LogP contribution in [0.5, 0.6) is 0 Å². The molecule has 5 heteroatoms. The number of hydrogen-bond acceptors (Lipinski definition) is 5. The van der Waals surface area contributed by atoms with Gasteiger partial charge in [-0.15, -0.1) is 0 Å². The third-order valence-electron chi connectivity index (χ3n) is 3.02. The number of carbonyl (C=O) groups is 2. The minimum absolute atomic E-state index is 0.304. The monoisotopic (exact) mass is 261 g/mol. The van der Waals surface area contributed by atoms with Crippen LogP contribution >= 0.6 is 0 Å². The lowest BCUT2D eigenvalue weighted by molar-refractivity contribution is -0.147. The maximum Gasteiger partial charge on any atom is 0.319 e. The van der Waals surface area contributed by atoms with Gasteiger partial charge in [0.1, 0.15) is 10.9 Å². The zero-order valence-corrected chi connectivity index (χ0v) is 11.3. The molecule has 0 saturated heterocycles. The van der Waals surface area contributed by atoms with Gasteiger partial charge in [0.2, 0.25) is 0 Å². The number of nitrogens with zero attached hydrogens (tertiary/aromatic N) is 1. The number of benzene rings is 1. The van der Waals surface area contributed by atoms with Gasteiger partial charge in [-0.25, -0.2) is 4.98 Å². The number of aromatic nitrogens is 1. The lowest BCUT2D eigenvalue weighted by Gasteiger charge is -2.19. The van der Waals surface area contributed by atoms with Crippen LogP contribution in [0.25, 0.3) is 11.1 Å². The molecule has 19 heavy (non-hydrogen) atoms. The van der Waals surface area contributed by atoms with Crippen molar-refractivity contribution in [3.05, 3.63) is 29.7 Å². The van der Waals surface area contributed by atoms with Crippen molar-refractivity contribution in [2.45, 2.75) is 20.8 Å². The first-order chi connectivity index (χ1) is 8.86. The summed E-state index contributed by atoms with van der Waals surface area (Å²) in [5.74, 6) is -0.331. The summed E-state index contributed by atoms with van der Waals surface area (Å²) in [6, 6.07) is 4.93. The van der Waals surface area contributed by atoms with E-state index < -0.39 is 11.4 Å². The summed E-state index contributed by atoms with van der Waals surface area (Å²) >= 11 is 0. The second-order valence-electron chi connectivity index (χ2n) is 4.86. The van der Waals surface area contributed by atoms with Crippen molar-refractivity contribution < 1.29 is 18.7 Å². The fourth-order valence-corrected chi connectivity index (χ4v) is 1.89. The van der Waals surface area contributed by atoms with Crippen molar-refractivity contribution in [1.29, 1.82) is 0 Å². The minimum atomic E-state index is -1.22. The average Bonchev–Trinajstić information content (AvgIpc) is 2.75. The van der Waals surface area contributed by atoms with Crippen molar-refractivity contribution in [3.63, 3.8) is 0 Å². The van der Waals surface area contributed by atoms with E-state index in [4.69, 9.17) is 4.42 Å². The molecule has 0 aliphatic carbocycles. The number of ether oxygens (including phenoxy) is 1. The lowest BCUT2D eigenvalue weighted by Crippen LogP contribution is -2.34. The summed E-state index contributed by atoms with van der Waals surface area (Å²) in [6.45, 7) is 4.82. The SMILES string of the molecule is COC(=O)C(C)(C)C(=O)c1ccc2oc(C)nc2c1. The highest BCUT2D eigenvalue weighted by atomic mass is 16.5. The first-order valence-electron chi connectivity index (χ1n) is 5.86. The van der Waals surface area contributed by atoms with Crippen LogP contribution in [-0.4, -0.2) is 23.8 Å². The molecule has 0 radical (unpaired) electrons. The molecule has 0 N–H and O–H groups in total. The van der Waals surface area contributed by atoms with Gasteiger partial charge in [-0.3, -0.25) is 9.59 Å². The Morgan fingerprint density at radius 3 is 2.63 bits per heavy atom. The number of oxazole rings is 1. The number of aryl methyl sites for hydroxylation is 1. The molecule has 0 bridgehead atoms. The number of hydrogen-bond donors (Lipinski definition) is 0. The van der Waals surface area contributed by atoms with Crippen LogP contribution in [0.15, 0.2) is 22.6 Å². The third kappa shape index (κ3) is 2.23. The molecule has 5 nitrogen and oxygen atoms in total. The molecule has 0 aliphatic heterocycles. The maximum atomic E-state index is 12.4. The second-order valence-corrected chi connectivity index (χ2v) is 4.86. The van der Waals surface area contributed by atoms with Crippen LogP contribution in [0.1, 0.15) is 30.1 Å². The molecule has 1 aromatic heterocycles. The molecule has 100 valence electrons. The van der Waals surface area contributed by atoms with Gasteiger partial charge in [0.15, 0.2) is 17.3 Å². The second kappa shape index (κ2) is 4.50. The fourth-order valence-electron chi connectivity index (χ4n) is 1.89. The molecule has 0 fully saturated rings. The van der Waals surface area contributed by atoms with E-state index in [-0.39, 0.29) is 5.78 Å². The van der Waals surface area contributed by atoms with Gasteiger partial charge in [0.25, 0.3) is 0 Å². The molecule has 1 heterocycles. The van der Waals surface area contributed by atoms with E-state index in [1.54, 1.807) is 39.0 Å². The normalized spacial score (nSPS) is 11.6. The van der Waals surface area contributed by atoms with Crippen molar-refractivity contribution in [1.82, 2.24) is 4.98 Å². The van der Waals surface area contributed by atoms with E-state index in [0.717, 1.165) is 0 Å². The van der Waals surface area contributed by atoms with E-state index in [0.29, 0.717) is 22.6 Å². The number of ketones is 1. The van der Waals surface area contributed by atoms with Gasteiger partial charge in [0.05, 0.1) is 7.11 Å². The highest BCUT2D eigenvalue weighted by Crippen LogP contribution is 2.26. The van der Waals surface area contributed by atoms with Crippen molar-refractivity contribution in [2.75, 3.05) is 7.11 Å².